The van der Waals surface area contributed by atoms with Gasteiger partial charge in [-0.15, -0.1) is 5.10 Å². The second-order valence-corrected chi connectivity index (χ2v) is 6.13. The van der Waals surface area contributed by atoms with E-state index < -0.39 is 0 Å². The fourth-order valence-corrected chi connectivity index (χ4v) is 1.74. The van der Waals surface area contributed by atoms with Gasteiger partial charge in [-0.2, -0.15) is 0 Å². The number of amides is 1. The van der Waals surface area contributed by atoms with Crippen molar-refractivity contribution in [3.05, 3.63) is 11.9 Å². The summed E-state index contributed by atoms with van der Waals surface area (Å²) in [6.45, 7) is 9.39. The highest BCUT2D eigenvalue weighted by Crippen LogP contribution is 2.08. The van der Waals surface area contributed by atoms with Crippen molar-refractivity contribution in [2.45, 2.75) is 54.0 Å². The molecule has 0 aliphatic heterocycles. The zero-order chi connectivity index (χ0) is 17.9. The maximum absolute atomic E-state index is 11.7. The molecular weight excluding hydrogens is 324 g/mol. The predicted octanol–water partition coefficient (Wildman–Crippen LogP) is 1.76. The first-order valence-corrected chi connectivity index (χ1v) is 8.31. The quantitative estimate of drug-likeness (QED) is 0.479. The third kappa shape index (κ3) is 9.81. The van der Waals surface area contributed by atoms with Crippen molar-refractivity contribution in [3.63, 3.8) is 0 Å². The predicted molar refractivity (Wildman–Crippen MR) is 95.1 cm³/mol. The van der Waals surface area contributed by atoms with Crippen LogP contribution in [0.2, 0.25) is 0 Å². The Balaban J connectivity index is 0.00000576. The van der Waals surface area contributed by atoms with Crippen molar-refractivity contribution in [2.24, 2.45) is 5.92 Å². The van der Waals surface area contributed by atoms with E-state index in [2.05, 4.69) is 15.6 Å². The van der Waals surface area contributed by atoms with E-state index in [4.69, 9.17) is 9.47 Å². The molecule has 0 saturated heterocycles. The molecular formula is C17H32N4O4. The zero-order valence-corrected chi connectivity index (χ0v) is 14.9. The van der Waals surface area contributed by atoms with Gasteiger partial charge in [-0.25, -0.2) is 4.68 Å². The van der Waals surface area contributed by atoms with Gasteiger partial charge >= 0.3 is 5.97 Å². The van der Waals surface area contributed by atoms with Gasteiger partial charge in [-0.05, 0) is 12.3 Å². The van der Waals surface area contributed by atoms with E-state index >= 15 is 0 Å². The smallest absolute Gasteiger partial charge is 0.327 e. The fraction of sp³-hybridized carbons (Fsp3) is 0.765. The molecule has 144 valence electrons. The number of carbonyl (C=O) groups excluding carboxylic acids is 2. The van der Waals surface area contributed by atoms with Gasteiger partial charge in [-0.3, -0.25) is 9.59 Å². The third-order valence-electron chi connectivity index (χ3n) is 3.22. The van der Waals surface area contributed by atoms with Crippen LogP contribution in [-0.4, -0.2) is 53.2 Å². The molecule has 25 heavy (non-hydrogen) atoms. The maximum atomic E-state index is 11.7. The van der Waals surface area contributed by atoms with Gasteiger partial charge in [0.15, 0.2) is 0 Å². The number of aromatic nitrogens is 3. The van der Waals surface area contributed by atoms with Crippen molar-refractivity contribution in [1.29, 1.82) is 0 Å². The highest BCUT2D eigenvalue weighted by atomic mass is 16.6. The summed E-state index contributed by atoms with van der Waals surface area (Å²) in [5, 5.41) is 10.7. The lowest BCUT2D eigenvalue weighted by molar-refractivity contribution is -0.146. The van der Waals surface area contributed by atoms with Crippen LogP contribution in [0.15, 0.2) is 6.20 Å². The summed E-state index contributed by atoms with van der Waals surface area (Å²) in [6, 6.07) is 0. The van der Waals surface area contributed by atoms with Gasteiger partial charge in [0, 0.05) is 25.3 Å². The molecule has 1 aromatic rings. The Kier molecular flexibility index (Phi) is 11.4. The minimum absolute atomic E-state index is 0. The number of rotatable bonds is 11. The summed E-state index contributed by atoms with van der Waals surface area (Å²) in [4.78, 5) is 23.0. The first-order valence-electron chi connectivity index (χ1n) is 8.31. The van der Waals surface area contributed by atoms with Gasteiger partial charge in [0.25, 0.3) is 0 Å². The van der Waals surface area contributed by atoms with Crippen LogP contribution < -0.4 is 5.32 Å². The summed E-state index contributed by atoms with van der Waals surface area (Å²) in [6.07, 6.45) is 2.47. The number of ether oxygens (including phenoxy) is 2. The minimum atomic E-state index is -0.372. The van der Waals surface area contributed by atoms with Crippen LogP contribution in [0.3, 0.4) is 0 Å². The molecule has 0 fully saturated rings. The highest BCUT2D eigenvalue weighted by Gasteiger charge is 2.09. The molecule has 0 radical (unpaired) electrons. The molecule has 0 spiro atoms. The lowest BCUT2D eigenvalue weighted by Gasteiger charge is -2.08. The van der Waals surface area contributed by atoms with Gasteiger partial charge in [0.05, 0.1) is 12.3 Å². The molecule has 1 rings (SSSR count). The number of nitrogens with zero attached hydrogens (tertiary/aromatic N) is 3. The standard InChI is InChI=1S/C16H28N4O4.CH4/c1-12(2)14-10-20(19-18-14)11-15(21)24-9-8-23-7-5-6-17-16(22)13(3)4;/h10,12-13H,5-9,11H2,1-4H3,(H,17,22);1H4. The average molecular weight is 356 g/mol. The molecule has 8 heteroatoms. The van der Waals surface area contributed by atoms with Crippen molar-refractivity contribution < 1.29 is 19.1 Å². The lowest BCUT2D eigenvalue weighted by atomic mass is 10.2. The summed E-state index contributed by atoms with van der Waals surface area (Å²) in [7, 11) is 0. The summed E-state index contributed by atoms with van der Waals surface area (Å²) < 4.78 is 11.9. The van der Waals surface area contributed by atoms with Crippen LogP contribution in [0.25, 0.3) is 0 Å². The van der Waals surface area contributed by atoms with E-state index in [1.165, 1.54) is 4.68 Å². The monoisotopic (exact) mass is 356 g/mol. The van der Waals surface area contributed by atoms with Crippen molar-refractivity contribution in [1.82, 2.24) is 20.3 Å². The molecule has 0 aliphatic rings. The van der Waals surface area contributed by atoms with Gasteiger partial charge in [0.2, 0.25) is 5.91 Å². The molecule has 0 saturated carbocycles. The Bertz CT molecular complexity index is 515. The number of carbonyl (C=O) groups is 2. The average Bonchev–Trinajstić information content (AvgIpc) is 2.98. The molecule has 1 aromatic heterocycles. The Labute approximate surface area is 150 Å². The summed E-state index contributed by atoms with van der Waals surface area (Å²) in [5.74, 6) is -0.0684. The Morgan fingerprint density at radius 2 is 1.92 bits per heavy atom. The van der Waals surface area contributed by atoms with Crippen LogP contribution in [0.5, 0.6) is 0 Å². The van der Waals surface area contributed by atoms with Crippen molar-refractivity contribution in [3.8, 4) is 0 Å². The van der Waals surface area contributed by atoms with E-state index in [0.29, 0.717) is 19.8 Å². The maximum Gasteiger partial charge on any atom is 0.327 e. The molecule has 0 atom stereocenters. The van der Waals surface area contributed by atoms with Crippen LogP contribution >= 0.6 is 0 Å². The van der Waals surface area contributed by atoms with Crippen LogP contribution in [-0.2, 0) is 25.6 Å². The molecule has 8 nitrogen and oxygen atoms in total. The van der Waals surface area contributed by atoms with Crippen molar-refractivity contribution >= 4 is 11.9 Å². The minimum Gasteiger partial charge on any atom is -0.462 e. The molecule has 0 unspecified atom stereocenters. The first-order chi connectivity index (χ1) is 11.4. The number of hydrogen-bond donors (Lipinski definition) is 1. The normalized spacial score (nSPS) is 10.6. The lowest BCUT2D eigenvalue weighted by Crippen LogP contribution is -2.29. The molecule has 0 aliphatic carbocycles. The molecule has 1 amide bonds. The van der Waals surface area contributed by atoms with Crippen LogP contribution in [0.1, 0.15) is 53.2 Å². The molecule has 1 N–H and O–H groups in total. The number of hydrogen-bond acceptors (Lipinski definition) is 6. The number of nitrogens with one attached hydrogen (secondary N) is 1. The fourth-order valence-electron chi connectivity index (χ4n) is 1.74. The third-order valence-corrected chi connectivity index (χ3v) is 3.22. The van der Waals surface area contributed by atoms with Gasteiger partial charge in [0.1, 0.15) is 13.2 Å². The van der Waals surface area contributed by atoms with E-state index in [9.17, 15) is 9.59 Å². The molecule has 0 aromatic carbocycles. The largest absolute Gasteiger partial charge is 0.462 e. The zero-order valence-electron chi connectivity index (χ0n) is 14.9. The highest BCUT2D eigenvalue weighted by molar-refractivity contribution is 5.77. The Hall–Kier alpha value is -1.96. The molecule has 1 heterocycles. The second kappa shape index (κ2) is 12.4. The summed E-state index contributed by atoms with van der Waals surface area (Å²) in [5.41, 5.74) is 0.843. The van der Waals surface area contributed by atoms with Gasteiger partial charge in [-0.1, -0.05) is 40.3 Å². The van der Waals surface area contributed by atoms with Crippen LogP contribution in [0.4, 0.5) is 0 Å². The second-order valence-electron chi connectivity index (χ2n) is 6.13. The van der Waals surface area contributed by atoms with Crippen LogP contribution in [0, 0.1) is 5.92 Å². The van der Waals surface area contributed by atoms with E-state index in [-0.39, 0.29) is 44.3 Å². The van der Waals surface area contributed by atoms with E-state index in [1.807, 2.05) is 27.7 Å². The molecule has 0 bridgehead atoms. The Morgan fingerprint density at radius 1 is 1.20 bits per heavy atom. The van der Waals surface area contributed by atoms with E-state index in [1.54, 1.807) is 6.20 Å². The van der Waals surface area contributed by atoms with E-state index in [0.717, 1.165) is 12.1 Å². The van der Waals surface area contributed by atoms with Gasteiger partial charge < -0.3 is 14.8 Å². The summed E-state index contributed by atoms with van der Waals surface area (Å²) >= 11 is 0. The van der Waals surface area contributed by atoms with Crippen molar-refractivity contribution in [2.75, 3.05) is 26.4 Å². The SMILES string of the molecule is C.CC(C)C(=O)NCCCOCCOC(=O)Cn1cc(C(C)C)nn1. The number of esters is 1. The topological polar surface area (TPSA) is 95.3 Å². The Morgan fingerprint density at radius 3 is 2.52 bits per heavy atom. The first kappa shape index (κ1) is 23.0.